The van der Waals surface area contributed by atoms with Crippen LogP contribution >= 0.6 is 0 Å². The molecule has 27 heavy (non-hydrogen) atoms. The molecule has 0 unspecified atom stereocenters. The Hall–Kier alpha value is -2.79. The molecule has 0 aliphatic carbocycles. The fourth-order valence-electron chi connectivity index (χ4n) is 3.82. The molecule has 1 fully saturated rings. The Kier molecular flexibility index (Phi) is 4.86. The van der Waals surface area contributed by atoms with Gasteiger partial charge in [-0.2, -0.15) is 5.10 Å². The summed E-state index contributed by atoms with van der Waals surface area (Å²) in [5.41, 5.74) is 4.60. The summed E-state index contributed by atoms with van der Waals surface area (Å²) in [5, 5.41) is 6.92. The zero-order valence-corrected chi connectivity index (χ0v) is 15.9. The third kappa shape index (κ3) is 3.43. The second kappa shape index (κ2) is 7.45. The molecule has 5 nitrogen and oxygen atoms in total. The maximum atomic E-state index is 5.93. The summed E-state index contributed by atoms with van der Waals surface area (Å²) in [6.07, 6.45) is 2.16. The Morgan fingerprint density at radius 2 is 1.63 bits per heavy atom. The number of hydrazone groups is 1. The van der Waals surface area contributed by atoms with Gasteiger partial charge < -0.3 is 14.2 Å². The molecule has 140 valence electrons. The van der Waals surface area contributed by atoms with Crippen LogP contribution in [0.4, 0.5) is 0 Å². The van der Waals surface area contributed by atoms with E-state index >= 15 is 0 Å². The SMILES string of the molecule is COc1ccc(/C=C2/COC[C@@H]3C2=NN(C)[C@H]3c2ccc(OC)cc2)cc1. The van der Waals surface area contributed by atoms with Crippen molar-refractivity contribution in [1.82, 2.24) is 5.01 Å². The number of hydrogen-bond donors (Lipinski definition) is 0. The van der Waals surface area contributed by atoms with Gasteiger partial charge in [-0.25, -0.2) is 0 Å². The van der Waals surface area contributed by atoms with Crippen LogP contribution in [0.1, 0.15) is 17.2 Å². The monoisotopic (exact) mass is 364 g/mol. The largest absolute Gasteiger partial charge is 0.497 e. The van der Waals surface area contributed by atoms with Crippen molar-refractivity contribution in [2.75, 3.05) is 34.5 Å². The Morgan fingerprint density at radius 3 is 2.26 bits per heavy atom. The van der Waals surface area contributed by atoms with Crippen molar-refractivity contribution >= 4 is 11.8 Å². The highest BCUT2D eigenvalue weighted by Crippen LogP contribution is 2.39. The van der Waals surface area contributed by atoms with Crippen molar-refractivity contribution in [3.8, 4) is 11.5 Å². The first kappa shape index (κ1) is 17.6. The van der Waals surface area contributed by atoms with E-state index in [1.54, 1.807) is 14.2 Å². The van der Waals surface area contributed by atoms with E-state index in [-0.39, 0.29) is 12.0 Å². The number of hydrogen-bond acceptors (Lipinski definition) is 5. The molecule has 2 aromatic rings. The molecule has 2 aliphatic rings. The van der Waals surface area contributed by atoms with Gasteiger partial charge in [0.05, 0.1) is 45.1 Å². The summed E-state index contributed by atoms with van der Waals surface area (Å²) >= 11 is 0. The van der Waals surface area contributed by atoms with Gasteiger partial charge in [0.25, 0.3) is 0 Å². The first-order chi connectivity index (χ1) is 13.2. The normalized spacial score (nSPS) is 23.1. The number of nitrogens with zero attached hydrogens (tertiary/aromatic N) is 2. The van der Waals surface area contributed by atoms with Crippen LogP contribution in [-0.4, -0.2) is 45.2 Å². The molecule has 2 heterocycles. The molecule has 2 aromatic carbocycles. The quantitative estimate of drug-likeness (QED) is 0.828. The molecule has 4 rings (SSSR count). The fourth-order valence-corrected chi connectivity index (χ4v) is 3.82. The number of rotatable bonds is 4. The summed E-state index contributed by atoms with van der Waals surface area (Å²) in [6.45, 7) is 1.27. The number of ether oxygens (including phenoxy) is 3. The molecular weight excluding hydrogens is 340 g/mol. The highest BCUT2D eigenvalue weighted by molar-refractivity contribution is 6.07. The molecule has 2 atom stereocenters. The van der Waals surface area contributed by atoms with Crippen molar-refractivity contribution in [2.24, 2.45) is 11.0 Å². The summed E-state index contributed by atoms with van der Waals surface area (Å²) in [7, 11) is 5.39. The van der Waals surface area contributed by atoms with E-state index in [0.717, 1.165) is 28.3 Å². The van der Waals surface area contributed by atoms with Crippen LogP contribution in [0.3, 0.4) is 0 Å². The summed E-state index contributed by atoms with van der Waals surface area (Å²) in [5.74, 6) is 1.94. The number of fused-ring (bicyclic) bond motifs is 1. The molecule has 0 bridgehead atoms. The first-order valence-corrected chi connectivity index (χ1v) is 9.07. The van der Waals surface area contributed by atoms with E-state index in [4.69, 9.17) is 19.3 Å². The molecule has 0 amide bonds. The van der Waals surface area contributed by atoms with Gasteiger partial charge in [-0.1, -0.05) is 24.3 Å². The lowest BCUT2D eigenvalue weighted by molar-refractivity contribution is 0.102. The van der Waals surface area contributed by atoms with Gasteiger partial charge in [0.1, 0.15) is 11.5 Å². The van der Waals surface area contributed by atoms with Gasteiger partial charge in [0.15, 0.2) is 0 Å². The highest BCUT2D eigenvalue weighted by Gasteiger charge is 2.40. The Morgan fingerprint density at radius 1 is 1.00 bits per heavy atom. The van der Waals surface area contributed by atoms with Crippen molar-refractivity contribution in [3.05, 3.63) is 65.2 Å². The minimum Gasteiger partial charge on any atom is -0.497 e. The highest BCUT2D eigenvalue weighted by atomic mass is 16.5. The molecule has 0 N–H and O–H groups in total. The first-order valence-electron chi connectivity index (χ1n) is 9.07. The molecular formula is C22H24N2O3. The molecule has 2 aliphatic heterocycles. The van der Waals surface area contributed by atoms with Crippen molar-refractivity contribution in [1.29, 1.82) is 0 Å². The second-order valence-corrected chi connectivity index (χ2v) is 6.84. The number of benzene rings is 2. The van der Waals surface area contributed by atoms with E-state index in [2.05, 4.69) is 35.4 Å². The standard InChI is InChI=1S/C22H24N2O3/c1-24-22(16-6-10-19(26-3)11-7-16)20-14-27-13-17(21(20)23-24)12-15-4-8-18(25-2)9-5-15/h4-12,20,22H,13-14H2,1-3H3/b17-12-/t20-,22+/m1/s1. The summed E-state index contributed by atoms with van der Waals surface area (Å²) in [4.78, 5) is 0. The van der Waals surface area contributed by atoms with Crippen LogP contribution in [0.2, 0.25) is 0 Å². The Balaban J connectivity index is 1.61. The lowest BCUT2D eigenvalue weighted by atomic mass is 9.85. The molecule has 0 spiro atoms. The van der Waals surface area contributed by atoms with Crippen LogP contribution < -0.4 is 9.47 Å². The third-order valence-electron chi connectivity index (χ3n) is 5.20. The third-order valence-corrected chi connectivity index (χ3v) is 5.20. The molecule has 1 saturated heterocycles. The smallest absolute Gasteiger partial charge is 0.118 e. The van der Waals surface area contributed by atoms with Crippen molar-refractivity contribution in [2.45, 2.75) is 6.04 Å². The van der Waals surface area contributed by atoms with Gasteiger partial charge in [0.2, 0.25) is 0 Å². The minimum absolute atomic E-state index is 0.172. The average molecular weight is 364 g/mol. The second-order valence-electron chi connectivity index (χ2n) is 6.84. The molecule has 0 radical (unpaired) electrons. The maximum Gasteiger partial charge on any atom is 0.118 e. The van der Waals surface area contributed by atoms with E-state index in [1.165, 1.54) is 5.56 Å². The topological polar surface area (TPSA) is 43.3 Å². The fraction of sp³-hybridized carbons (Fsp3) is 0.318. The van der Waals surface area contributed by atoms with Gasteiger partial charge in [-0.05, 0) is 41.5 Å². The summed E-state index contributed by atoms with van der Waals surface area (Å²) in [6, 6.07) is 16.4. The van der Waals surface area contributed by atoms with Crippen molar-refractivity contribution in [3.63, 3.8) is 0 Å². The Bertz CT molecular complexity index is 856. The van der Waals surface area contributed by atoms with Crippen LogP contribution in [0.25, 0.3) is 6.08 Å². The lowest BCUT2D eigenvalue weighted by Crippen LogP contribution is -2.32. The molecule has 5 heteroatoms. The van der Waals surface area contributed by atoms with Gasteiger partial charge in [-0.3, -0.25) is 5.01 Å². The lowest BCUT2D eigenvalue weighted by Gasteiger charge is -2.29. The zero-order chi connectivity index (χ0) is 18.8. The van der Waals surface area contributed by atoms with Crippen LogP contribution in [0.15, 0.2) is 59.2 Å². The van der Waals surface area contributed by atoms with Crippen molar-refractivity contribution < 1.29 is 14.2 Å². The van der Waals surface area contributed by atoms with Gasteiger partial charge in [0, 0.05) is 12.6 Å². The average Bonchev–Trinajstić information content (AvgIpc) is 3.05. The zero-order valence-electron chi connectivity index (χ0n) is 15.9. The van der Waals surface area contributed by atoms with E-state index < -0.39 is 0 Å². The predicted molar refractivity (Wildman–Crippen MR) is 106 cm³/mol. The number of methoxy groups -OCH3 is 2. The molecule has 0 aromatic heterocycles. The predicted octanol–water partition coefficient (Wildman–Crippen LogP) is 3.78. The van der Waals surface area contributed by atoms with E-state index in [0.29, 0.717) is 13.2 Å². The Labute approximate surface area is 159 Å². The van der Waals surface area contributed by atoms with E-state index in [9.17, 15) is 0 Å². The van der Waals surface area contributed by atoms with Crippen LogP contribution in [-0.2, 0) is 4.74 Å². The van der Waals surface area contributed by atoms with Gasteiger partial charge in [-0.15, -0.1) is 0 Å². The van der Waals surface area contributed by atoms with Crippen LogP contribution in [0, 0.1) is 5.92 Å². The van der Waals surface area contributed by atoms with Crippen LogP contribution in [0.5, 0.6) is 11.5 Å². The van der Waals surface area contributed by atoms with E-state index in [1.807, 2.05) is 31.3 Å². The molecule has 0 saturated carbocycles. The van der Waals surface area contributed by atoms with Gasteiger partial charge >= 0.3 is 0 Å². The minimum atomic E-state index is 0.172. The maximum absolute atomic E-state index is 5.93. The summed E-state index contributed by atoms with van der Waals surface area (Å²) < 4.78 is 16.5.